The Bertz CT molecular complexity index is 460. The molecule has 5 nitrogen and oxygen atoms in total. The highest BCUT2D eigenvalue weighted by Gasteiger charge is 2.19. The molecule has 0 aliphatic heterocycles. The first kappa shape index (κ1) is 14.0. The highest BCUT2D eigenvalue weighted by atomic mass is 16.6. The molecule has 5 heteroatoms. The van der Waals surface area contributed by atoms with E-state index >= 15 is 0 Å². The van der Waals surface area contributed by atoms with Crippen molar-refractivity contribution < 1.29 is 4.92 Å². The molecule has 96 valence electrons. The van der Waals surface area contributed by atoms with Gasteiger partial charge in [-0.25, -0.2) is 0 Å². The number of anilines is 1. The van der Waals surface area contributed by atoms with Crippen molar-refractivity contribution >= 4 is 11.4 Å². The molecular formula is C13H17N3O2. The van der Waals surface area contributed by atoms with Crippen LogP contribution in [-0.4, -0.2) is 18.0 Å². The lowest BCUT2D eigenvalue weighted by Gasteiger charge is -2.23. The van der Waals surface area contributed by atoms with Crippen LogP contribution < -0.4 is 4.90 Å². The van der Waals surface area contributed by atoms with Crippen molar-refractivity contribution in [3.05, 3.63) is 33.9 Å². The fourth-order valence-corrected chi connectivity index (χ4v) is 1.90. The second kappa shape index (κ2) is 6.60. The van der Waals surface area contributed by atoms with E-state index in [1.165, 1.54) is 6.07 Å². The maximum atomic E-state index is 11.1. The van der Waals surface area contributed by atoms with Crippen LogP contribution in [-0.2, 0) is 0 Å². The number of nitriles is 1. The summed E-state index contributed by atoms with van der Waals surface area (Å²) < 4.78 is 0. The second-order valence-corrected chi connectivity index (χ2v) is 4.06. The van der Waals surface area contributed by atoms with Gasteiger partial charge in [0, 0.05) is 19.2 Å². The van der Waals surface area contributed by atoms with E-state index in [9.17, 15) is 10.1 Å². The summed E-state index contributed by atoms with van der Waals surface area (Å²) in [4.78, 5) is 12.6. The van der Waals surface area contributed by atoms with Crippen LogP contribution in [0.4, 0.5) is 11.4 Å². The average molecular weight is 247 g/mol. The molecule has 0 aromatic heterocycles. The van der Waals surface area contributed by atoms with Gasteiger partial charge in [-0.2, -0.15) is 5.26 Å². The normalized spacial score (nSPS) is 9.83. The van der Waals surface area contributed by atoms with E-state index in [-0.39, 0.29) is 5.69 Å². The zero-order valence-electron chi connectivity index (χ0n) is 10.7. The lowest BCUT2D eigenvalue weighted by atomic mass is 10.1. The van der Waals surface area contributed by atoms with Crippen molar-refractivity contribution in [3.63, 3.8) is 0 Å². The van der Waals surface area contributed by atoms with Crippen molar-refractivity contribution in [1.82, 2.24) is 0 Å². The van der Waals surface area contributed by atoms with Crippen molar-refractivity contribution in [2.24, 2.45) is 0 Å². The zero-order valence-corrected chi connectivity index (χ0v) is 10.7. The molecule has 1 aromatic rings. The number of nitro groups is 1. The smallest absolute Gasteiger partial charge is 0.293 e. The third-order valence-electron chi connectivity index (χ3n) is 2.63. The first-order valence-corrected chi connectivity index (χ1v) is 6.07. The second-order valence-electron chi connectivity index (χ2n) is 4.06. The molecule has 0 saturated carbocycles. The van der Waals surface area contributed by atoms with Crippen LogP contribution in [0.5, 0.6) is 0 Å². The molecule has 0 atom stereocenters. The van der Waals surface area contributed by atoms with Crippen molar-refractivity contribution in [1.29, 1.82) is 5.26 Å². The third kappa shape index (κ3) is 3.20. The summed E-state index contributed by atoms with van der Waals surface area (Å²) >= 11 is 0. The molecule has 0 aliphatic rings. The van der Waals surface area contributed by atoms with E-state index in [2.05, 4.69) is 0 Å². The number of rotatable bonds is 6. The lowest BCUT2D eigenvalue weighted by molar-refractivity contribution is -0.384. The van der Waals surface area contributed by atoms with Gasteiger partial charge < -0.3 is 4.90 Å². The SMILES string of the molecule is CCCN(CCC)c1ccc(C#N)cc1[N+](=O)[O-]. The van der Waals surface area contributed by atoms with Gasteiger partial charge in [-0.3, -0.25) is 10.1 Å². The Hall–Kier alpha value is -2.09. The van der Waals surface area contributed by atoms with Crippen molar-refractivity contribution in [3.8, 4) is 6.07 Å². The summed E-state index contributed by atoms with van der Waals surface area (Å²) in [5.74, 6) is 0. The van der Waals surface area contributed by atoms with E-state index in [1.807, 2.05) is 24.8 Å². The van der Waals surface area contributed by atoms with E-state index in [4.69, 9.17) is 5.26 Å². The Morgan fingerprint density at radius 2 is 1.94 bits per heavy atom. The predicted molar refractivity (Wildman–Crippen MR) is 70.6 cm³/mol. The van der Waals surface area contributed by atoms with E-state index in [0.717, 1.165) is 25.9 Å². The minimum absolute atomic E-state index is 0.0101. The predicted octanol–water partition coefficient (Wildman–Crippen LogP) is 3.09. The molecule has 0 saturated heterocycles. The molecule has 0 fully saturated rings. The lowest BCUT2D eigenvalue weighted by Crippen LogP contribution is -2.25. The molecule has 18 heavy (non-hydrogen) atoms. The van der Waals surface area contributed by atoms with E-state index in [1.54, 1.807) is 12.1 Å². The monoisotopic (exact) mass is 247 g/mol. The molecule has 0 bridgehead atoms. The van der Waals surface area contributed by atoms with Gasteiger partial charge in [0.25, 0.3) is 5.69 Å². The molecule has 1 aromatic carbocycles. The van der Waals surface area contributed by atoms with Crippen LogP contribution in [0.2, 0.25) is 0 Å². The summed E-state index contributed by atoms with van der Waals surface area (Å²) in [5.41, 5.74) is 0.928. The topological polar surface area (TPSA) is 70.2 Å². The molecular weight excluding hydrogens is 230 g/mol. The highest BCUT2D eigenvalue weighted by molar-refractivity contribution is 5.65. The summed E-state index contributed by atoms with van der Waals surface area (Å²) in [5, 5.41) is 19.9. The minimum Gasteiger partial charge on any atom is -0.366 e. The van der Waals surface area contributed by atoms with E-state index in [0.29, 0.717) is 11.3 Å². The molecule has 0 spiro atoms. The van der Waals surface area contributed by atoms with Gasteiger partial charge in [-0.05, 0) is 25.0 Å². The molecule has 0 amide bonds. The molecule has 0 radical (unpaired) electrons. The summed E-state index contributed by atoms with van der Waals surface area (Å²) in [6.45, 7) is 5.64. The van der Waals surface area contributed by atoms with Crippen LogP contribution >= 0.6 is 0 Å². The van der Waals surface area contributed by atoms with Gasteiger partial charge in [-0.1, -0.05) is 13.8 Å². The van der Waals surface area contributed by atoms with Crippen LogP contribution in [0, 0.1) is 21.4 Å². The number of nitro benzene ring substituents is 1. The largest absolute Gasteiger partial charge is 0.366 e. The number of nitrogens with zero attached hydrogens (tertiary/aromatic N) is 3. The average Bonchev–Trinajstić information content (AvgIpc) is 2.37. The Balaban J connectivity index is 3.20. The van der Waals surface area contributed by atoms with Crippen molar-refractivity contribution in [2.75, 3.05) is 18.0 Å². The fraction of sp³-hybridized carbons (Fsp3) is 0.462. The molecule has 0 unspecified atom stereocenters. The van der Waals surface area contributed by atoms with Gasteiger partial charge in [0.1, 0.15) is 5.69 Å². The maximum absolute atomic E-state index is 11.1. The summed E-state index contributed by atoms with van der Waals surface area (Å²) in [7, 11) is 0. The fourth-order valence-electron chi connectivity index (χ4n) is 1.90. The van der Waals surface area contributed by atoms with Gasteiger partial charge in [0.2, 0.25) is 0 Å². The first-order valence-electron chi connectivity index (χ1n) is 6.07. The summed E-state index contributed by atoms with van der Waals surface area (Å²) in [6, 6.07) is 6.56. The molecule has 1 rings (SSSR count). The van der Waals surface area contributed by atoms with Crippen LogP contribution in [0.15, 0.2) is 18.2 Å². The van der Waals surface area contributed by atoms with Crippen LogP contribution in [0.1, 0.15) is 32.3 Å². The number of hydrogen-bond acceptors (Lipinski definition) is 4. The number of hydrogen-bond donors (Lipinski definition) is 0. The Morgan fingerprint density at radius 1 is 1.33 bits per heavy atom. The molecule has 0 aliphatic carbocycles. The quantitative estimate of drug-likeness (QED) is 0.572. The Morgan fingerprint density at radius 3 is 2.39 bits per heavy atom. The Kier molecular flexibility index (Phi) is 5.12. The van der Waals surface area contributed by atoms with Crippen LogP contribution in [0.25, 0.3) is 0 Å². The molecule has 0 N–H and O–H groups in total. The maximum Gasteiger partial charge on any atom is 0.293 e. The van der Waals surface area contributed by atoms with Crippen LogP contribution in [0.3, 0.4) is 0 Å². The summed E-state index contributed by atoms with van der Waals surface area (Å²) in [6.07, 6.45) is 1.86. The van der Waals surface area contributed by atoms with Gasteiger partial charge >= 0.3 is 0 Å². The Labute approximate surface area is 107 Å². The van der Waals surface area contributed by atoms with Gasteiger partial charge in [0.15, 0.2) is 0 Å². The first-order chi connectivity index (χ1) is 8.63. The van der Waals surface area contributed by atoms with Gasteiger partial charge in [-0.15, -0.1) is 0 Å². The van der Waals surface area contributed by atoms with E-state index < -0.39 is 4.92 Å². The van der Waals surface area contributed by atoms with Crippen molar-refractivity contribution in [2.45, 2.75) is 26.7 Å². The third-order valence-corrected chi connectivity index (χ3v) is 2.63. The highest BCUT2D eigenvalue weighted by Crippen LogP contribution is 2.29. The van der Waals surface area contributed by atoms with Gasteiger partial charge in [0.05, 0.1) is 16.6 Å². The zero-order chi connectivity index (χ0) is 13.5. The molecule has 0 heterocycles. The number of benzene rings is 1. The standard InChI is InChI=1S/C13H17N3O2/c1-3-7-15(8-4-2)12-6-5-11(10-14)9-13(12)16(17)18/h5-6,9H,3-4,7-8H2,1-2H3. The minimum atomic E-state index is -0.422.